The minimum atomic E-state index is -4.99. The molecule has 1 atom stereocenters. The van der Waals surface area contributed by atoms with Crippen molar-refractivity contribution in [3.8, 4) is 11.5 Å². The van der Waals surface area contributed by atoms with Crippen LogP contribution in [-0.2, 0) is 9.53 Å². The van der Waals surface area contributed by atoms with Crippen molar-refractivity contribution in [3.05, 3.63) is 102 Å². The van der Waals surface area contributed by atoms with E-state index in [9.17, 15) is 22.8 Å². The van der Waals surface area contributed by atoms with Gasteiger partial charge in [0, 0.05) is 5.02 Å². The zero-order valence-electron chi connectivity index (χ0n) is 21.5. The maximum Gasteiger partial charge on any atom is 0.434 e. The number of nitrogens with zero attached hydrogens (tertiary/aromatic N) is 2. The molecule has 0 amide bonds. The fourth-order valence-corrected chi connectivity index (χ4v) is 5.23. The highest BCUT2D eigenvalue weighted by Gasteiger charge is 2.45. The van der Waals surface area contributed by atoms with E-state index in [0.29, 0.717) is 28.7 Å². The first kappa shape index (κ1) is 29.2. The lowest BCUT2D eigenvalue weighted by Crippen LogP contribution is -2.41. The molecule has 2 heterocycles. The lowest BCUT2D eigenvalue weighted by molar-refractivity contribution is -0.140. The Bertz CT molecular complexity index is 1640. The third kappa shape index (κ3) is 6.00. The average Bonchev–Trinajstić information content (AvgIpc) is 3.22. The van der Waals surface area contributed by atoms with Crippen LogP contribution in [0.2, 0.25) is 5.02 Å². The number of thiazole rings is 1. The summed E-state index contributed by atoms with van der Waals surface area (Å²) in [6.45, 7) is 7.34. The summed E-state index contributed by atoms with van der Waals surface area (Å²) in [5.41, 5.74) is -2.04. The van der Waals surface area contributed by atoms with Crippen LogP contribution in [0, 0.1) is 0 Å². The van der Waals surface area contributed by atoms with Gasteiger partial charge in [-0.05, 0) is 55.3 Å². The van der Waals surface area contributed by atoms with Crippen LogP contribution in [0.4, 0.5) is 13.2 Å². The average molecular weight is 593 g/mol. The maximum absolute atomic E-state index is 14.2. The van der Waals surface area contributed by atoms with Crippen molar-refractivity contribution in [1.29, 1.82) is 0 Å². The van der Waals surface area contributed by atoms with Gasteiger partial charge in [0.1, 0.15) is 6.61 Å². The summed E-state index contributed by atoms with van der Waals surface area (Å²) < 4.78 is 60.1. The van der Waals surface area contributed by atoms with Crippen molar-refractivity contribution in [2.24, 2.45) is 4.99 Å². The van der Waals surface area contributed by atoms with Crippen molar-refractivity contribution < 1.29 is 32.2 Å². The van der Waals surface area contributed by atoms with Gasteiger partial charge in [0.05, 0.1) is 29.4 Å². The number of esters is 1. The topological polar surface area (TPSA) is 79.1 Å². The van der Waals surface area contributed by atoms with Crippen molar-refractivity contribution in [2.45, 2.75) is 26.1 Å². The number of rotatable bonds is 9. The molecule has 12 heteroatoms. The molecule has 0 fully saturated rings. The molecule has 1 aliphatic heterocycles. The molecular formula is C28H24ClF3N2O5S. The Hall–Kier alpha value is -3.83. The fourth-order valence-electron chi connectivity index (χ4n) is 4.10. The summed E-state index contributed by atoms with van der Waals surface area (Å²) in [6, 6.07) is 9.40. The van der Waals surface area contributed by atoms with Gasteiger partial charge in [-0.15, -0.1) is 0 Å². The standard InChI is InChI=1S/C28H24ClF3N2O5S/c1-4-13-39-19-12-7-16(14-20(19)37-5-2)15-21-25(35)34-23(17-8-10-18(29)11-9-17)22(26(36)38-6-3)24(28(30,31)32)33-27(34)40-21/h4,7-12,14-15,23H,1,5-6,13H2,2-3H3/b21-15-/t23-/m1/s1. The van der Waals surface area contributed by atoms with Gasteiger partial charge in [-0.25, -0.2) is 9.79 Å². The summed E-state index contributed by atoms with van der Waals surface area (Å²) >= 11 is 6.78. The molecule has 40 heavy (non-hydrogen) atoms. The zero-order valence-corrected chi connectivity index (χ0v) is 23.0. The SMILES string of the molecule is C=CCOc1ccc(/C=c2\sc3n(c2=O)[C@H](c2ccc(Cl)cc2)C(C(=O)OCC)=C(C(F)(F)F)N=3)cc1OCC. The Morgan fingerprint density at radius 2 is 1.85 bits per heavy atom. The van der Waals surface area contributed by atoms with E-state index in [1.165, 1.54) is 37.3 Å². The van der Waals surface area contributed by atoms with Gasteiger partial charge < -0.3 is 14.2 Å². The predicted molar refractivity (Wildman–Crippen MR) is 146 cm³/mol. The van der Waals surface area contributed by atoms with Gasteiger partial charge >= 0.3 is 12.1 Å². The largest absolute Gasteiger partial charge is 0.490 e. The van der Waals surface area contributed by atoms with E-state index in [-0.39, 0.29) is 28.1 Å². The Balaban J connectivity index is 1.96. The number of carbonyl (C=O) groups excluding carboxylic acids is 1. The van der Waals surface area contributed by atoms with Crippen LogP contribution in [0.1, 0.15) is 31.0 Å². The van der Waals surface area contributed by atoms with E-state index in [1.54, 1.807) is 31.2 Å². The predicted octanol–water partition coefficient (Wildman–Crippen LogP) is 4.96. The first-order valence-electron chi connectivity index (χ1n) is 12.1. The van der Waals surface area contributed by atoms with Crippen LogP contribution in [0.3, 0.4) is 0 Å². The van der Waals surface area contributed by atoms with E-state index in [1.807, 2.05) is 0 Å². The van der Waals surface area contributed by atoms with Gasteiger partial charge in [-0.3, -0.25) is 9.36 Å². The van der Waals surface area contributed by atoms with Gasteiger partial charge in [-0.1, -0.05) is 53.8 Å². The number of halogens is 4. The molecule has 210 valence electrons. The van der Waals surface area contributed by atoms with Crippen molar-refractivity contribution >= 4 is 35.0 Å². The summed E-state index contributed by atoms with van der Waals surface area (Å²) in [4.78, 5) is 30.1. The highest BCUT2D eigenvalue weighted by molar-refractivity contribution is 7.07. The van der Waals surface area contributed by atoms with Crippen LogP contribution in [0.5, 0.6) is 11.5 Å². The van der Waals surface area contributed by atoms with Crippen LogP contribution in [0.25, 0.3) is 6.08 Å². The second kappa shape index (κ2) is 12.1. The molecule has 2 aromatic carbocycles. The molecule has 0 aliphatic carbocycles. The molecule has 0 radical (unpaired) electrons. The Labute approximate surface area is 236 Å². The number of alkyl halides is 3. The summed E-state index contributed by atoms with van der Waals surface area (Å²) in [5, 5.41) is 0.333. The molecule has 4 rings (SSSR count). The molecule has 0 saturated heterocycles. The minimum Gasteiger partial charge on any atom is -0.490 e. The van der Waals surface area contributed by atoms with Crippen molar-refractivity contribution in [2.75, 3.05) is 19.8 Å². The molecule has 1 aromatic heterocycles. The molecular weight excluding hydrogens is 569 g/mol. The Morgan fingerprint density at radius 3 is 2.48 bits per heavy atom. The quantitative estimate of drug-likeness (QED) is 0.259. The fraction of sp³-hybridized carbons (Fsp3) is 0.250. The van der Waals surface area contributed by atoms with Gasteiger partial charge in [0.25, 0.3) is 5.56 Å². The van der Waals surface area contributed by atoms with E-state index in [0.717, 1.165) is 15.9 Å². The van der Waals surface area contributed by atoms with E-state index >= 15 is 0 Å². The number of hydrogen-bond donors (Lipinski definition) is 0. The van der Waals surface area contributed by atoms with Crippen LogP contribution in [0.15, 0.2) is 76.2 Å². The normalized spacial score (nSPS) is 15.3. The van der Waals surface area contributed by atoms with Crippen molar-refractivity contribution in [1.82, 2.24) is 4.57 Å². The summed E-state index contributed by atoms with van der Waals surface area (Å²) in [6.07, 6.45) is -1.89. The van der Waals surface area contributed by atoms with Crippen LogP contribution >= 0.6 is 22.9 Å². The first-order chi connectivity index (χ1) is 19.1. The van der Waals surface area contributed by atoms with Gasteiger partial charge in [-0.2, -0.15) is 13.2 Å². The molecule has 0 spiro atoms. The van der Waals surface area contributed by atoms with Crippen molar-refractivity contribution in [3.63, 3.8) is 0 Å². The number of fused-ring (bicyclic) bond motifs is 1. The number of carbonyl (C=O) groups is 1. The molecule has 7 nitrogen and oxygen atoms in total. The molecule has 0 saturated carbocycles. The van der Waals surface area contributed by atoms with Crippen LogP contribution in [-0.4, -0.2) is 36.5 Å². The monoisotopic (exact) mass is 592 g/mol. The number of benzene rings is 2. The van der Waals surface area contributed by atoms with E-state index < -0.39 is 35.0 Å². The summed E-state index contributed by atoms with van der Waals surface area (Å²) in [5.74, 6) is -0.324. The first-order valence-corrected chi connectivity index (χ1v) is 13.3. The van der Waals surface area contributed by atoms with E-state index in [2.05, 4.69) is 11.6 Å². The third-order valence-corrected chi connectivity index (χ3v) is 6.94. The molecule has 0 bridgehead atoms. The lowest BCUT2D eigenvalue weighted by atomic mass is 9.95. The Morgan fingerprint density at radius 1 is 1.12 bits per heavy atom. The maximum atomic E-state index is 14.2. The zero-order chi connectivity index (χ0) is 29.0. The molecule has 0 N–H and O–H groups in total. The highest BCUT2D eigenvalue weighted by Crippen LogP contribution is 2.38. The smallest absolute Gasteiger partial charge is 0.434 e. The number of allylic oxidation sites excluding steroid dienone is 1. The van der Waals surface area contributed by atoms with Gasteiger partial charge in [0.2, 0.25) is 0 Å². The summed E-state index contributed by atoms with van der Waals surface area (Å²) in [7, 11) is 0. The number of aromatic nitrogens is 1. The second-order valence-corrected chi connectivity index (χ2v) is 9.80. The number of ether oxygens (including phenoxy) is 3. The second-order valence-electron chi connectivity index (χ2n) is 8.35. The lowest BCUT2D eigenvalue weighted by Gasteiger charge is -2.26. The minimum absolute atomic E-state index is 0.103. The highest BCUT2D eigenvalue weighted by atomic mass is 35.5. The van der Waals surface area contributed by atoms with E-state index in [4.69, 9.17) is 25.8 Å². The van der Waals surface area contributed by atoms with Crippen LogP contribution < -0.4 is 24.4 Å². The third-order valence-electron chi connectivity index (χ3n) is 5.70. The molecule has 0 unspecified atom stereocenters. The Kier molecular flexibility index (Phi) is 8.85. The number of hydrogen-bond acceptors (Lipinski definition) is 7. The molecule has 3 aromatic rings. The molecule has 1 aliphatic rings. The van der Waals surface area contributed by atoms with Gasteiger partial charge in [0.15, 0.2) is 22.0 Å².